The molecule has 1 saturated heterocycles. The smallest absolute Gasteiger partial charge is 0.0410 e. The van der Waals surface area contributed by atoms with Crippen LogP contribution in [0.25, 0.3) is 0 Å². The Balaban J connectivity index is 1.95. The second-order valence-corrected chi connectivity index (χ2v) is 6.62. The molecule has 0 saturated carbocycles. The van der Waals surface area contributed by atoms with Crippen LogP contribution in [0.5, 0.6) is 0 Å². The van der Waals surface area contributed by atoms with Crippen LogP contribution in [0.4, 0.5) is 0 Å². The first kappa shape index (κ1) is 12.5. The number of piperidine rings is 1. The van der Waals surface area contributed by atoms with Crippen molar-refractivity contribution in [2.75, 3.05) is 13.1 Å². The van der Waals surface area contributed by atoms with Crippen LogP contribution in [0.15, 0.2) is 22.9 Å². The summed E-state index contributed by atoms with van der Waals surface area (Å²) in [6.45, 7) is 5.64. The molecule has 1 fully saturated rings. The van der Waals surface area contributed by atoms with E-state index in [0.717, 1.165) is 23.5 Å². The average Bonchev–Trinajstić information content (AvgIpc) is 2.24. The van der Waals surface area contributed by atoms with Crippen LogP contribution in [0.3, 0.4) is 0 Å². The number of aromatic nitrogens is 1. The van der Waals surface area contributed by atoms with Gasteiger partial charge >= 0.3 is 0 Å². The summed E-state index contributed by atoms with van der Waals surface area (Å²) in [4.78, 5) is 7.31. The lowest BCUT2D eigenvalue weighted by molar-refractivity contribution is 0.194. The van der Waals surface area contributed by atoms with Gasteiger partial charge in [0.05, 0.1) is 0 Å². The maximum absolute atomic E-state index is 4.20. The normalized spacial score (nSPS) is 26.9. The molecule has 0 aromatic carbocycles. The number of likely N-dealkylation sites (tertiary alicyclic amines) is 1. The largest absolute Gasteiger partial charge is 0.298 e. The summed E-state index contributed by atoms with van der Waals surface area (Å²) >= 11 is 7.21. The minimum Gasteiger partial charge on any atom is -0.298 e. The first-order chi connectivity index (χ1) is 7.65. The first-order valence-corrected chi connectivity index (χ1v) is 7.32. The van der Waals surface area contributed by atoms with Crippen molar-refractivity contribution in [1.29, 1.82) is 0 Å². The molecule has 2 nitrogen and oxygen atoms in total. The Morgan fingerprint density at radius 1 is 1.50 bits per heavy atom. The molecule has 0 aliphatic carbocycles. The molecule has 0 amide bonds. The van der Waals surface area contributed by atoms with E-state index in [4.69, 9.17) is 0 Å². The van der Waals surface area contributed by atoms with Crippen molar-refractivity contribution >= 4 is 31.9 Å². The molecule has 2 heterocycles. The van der Waals surface area contributed by atoms with Gasteiger partial charge in [-0.1, -0.05) is 22.9 Å². The van der Waals surface area contributed by atoms with E-state index in [9.17, 15) is 0 Å². The zero-order chi connectivity index (χ0) is 11.5. The molecule has 2 atom stereocenters. The lowest BCUT2D eigenvalue weighted by Gasteiger charge is -2.34. The second-order valence-electron chi connectivity index (χ2n) is 4.53. The van der Waals surface area contributed by atoms with Crippen molar-refractivity contribution in [3.63, 3.8) is 0 Å². The average molecular weight is 348 g/mol. The maximum Gasteiger partial charge on any atom is 0.0410 e. The van der Waals surface area contributed by atoms with Crippen molar-refractivity contribution in [3.8, 4) is 0 Å². The monoisotopic (exact) mass is 346 g/mol. The third kappa shape index (κ3) is 3.28. The summed E-state index contributed by atoms with van der Waals surface area (Å²) in [6.07, 6.45) is 5.05. The highest BCUT2D eigenvalue weighted by Crippen LogP contribution is 2.24. The van der Waals surface area contributed by atoms with Crippen LogP contribution >= 0.6 is 31.9 Å². The SMILES string of the molecule is CC1CCN(Cc2cncc(Br)c2)CC1Br. The Morgan fingerprint density at radius 3 is 3.00 bits per heavy atom. The van der Waals surface area contributed by atoms with Crippen molar-refractivity contribution in [1.82, 2.24) is 9.88 Å². The highest BCUT2D eigenvalue weighted by Gasteiger charge is 2.23. The van der Waals surface area contributed by atoms with Gasteiger partial charge in [-0.3, -0.25) is 9.88 Å². The Hall–Kier alpha value is 0.0700. The van der Waals surface area contributed by atoms with Crippen LogP contribution in [-0.2, 0) is 6.54 Å². The molecule has 4 heteroatoms. The van der Waals surface area contributed by atoms with Crippen molar-refractivity contribution in [2.24, 2.45) is 5.92 Å². The molecule has 2 rings (SSSR count). The molecule has 0 N–H and O–H groups in total. The standard InChI is InChI=1S/C12H16Br2N2/c1-9-2-3-16(8-12(9)14)7-10-4-11(13)6-15-5-10/h4-6,9,12H,2-3,7-8H2,1H3. The van der Waals surface area contributed by atoms with Gasteiger partial charge in [0.2, 0.25) is 0 Å². The Bertz CT molecular complexity index is 357. The van der Waals surface area contributed by atoms with E-state index in [-0.39, 0.29) is 0 Å². The van der Waals surface area contributed by atoms with Gasteiger partial charge in [-0.25, -0.2) is 0 Å². The van der Waals surface area contributed by atoms with Crippen molar-refractivity contribution in [2.45, 2.75) is 24.7 Å². The molecular formula is C12H16Br2N2. The molecule has 0 radical (unpaired) electrons. The zero-order valence-corrected chi connectivity index (χ0v) is 12.5. The first-order valence-electron chi connectivity index (χ1n) is 5.61. The van der Waals surface area contributed by atoms with Gasteiger partial charge in [0.15, 0.2) is 0 Å². The molecule has 16 heavy (non-hydrogen) atoms. The van der Waals surface area contributed by atoms with E-state index in [1.165, 1.54) is 18.5 Å². The third-order valence-corrected chi connectivity index (χ3v) is 4.74. The quantitative estimate of drug-likeness (QED) is 0.762. The van der Waals surface area contributed by atoms with Gasteiger partial charge in [-0.05, 0) is 46.4 Å². The Labute approximate surface area is 114 Å². The molecule has 1 aliphatic heterocycles. The summed E-state index contributed by atoms with van der Waals surface area (Å²) < 4.78 is 1.06. The van der Waals surface area contributed by atoms with Crippen LogP contribution in [-0.4, -0.2) is 27.8 Å². The Morgan fingerprint density at radius 2 is 2.31 bits per heavy atom. The highest BCUT2D eigenvalue weighted by molar-refractivity contribution is 9.10. The molecular weight excluding hydrogens is 332 g/mol. The molecule has 88 valence electrons. The van der Waals surface area contributed by atoms with E-state index in [1.807, 2.05) is 12.4 Å². The van der Waals surface area contributed by atoms with E-state index < -0.39 is 0 Å². The van der Waals surface area contributed by atoms with Crippen molar-refractivity contribution < 1.29 is 0 Å². The fraction of sp³-hybridized carbons (Fsp3) is 0.583. The summed E-state index contributed by atoms with van der Waals surface area (Å²) in [5.74, 6) is 0.789. The summed E-state index contributed by atoms with van der Waals surface area (Å²) in [7, 11) is 0. The minimum atomic E-state index is 0.626. The van der Waals surface area contributed by atoms with E-state index in [1.54, 1.807) is 0 Å². The molecule has 1 aliphatic rings. The third-order valence-electron chi connectivity index (χ3n) is 3.12. The topological polar surface area (TPSA) is 16.1 Å². The number of hydrogen-bond acceptors (Lipinski definition) is 2. The molecule has 0 spiro atoms. The number of pyridine rings is 1. The second kappa shape index (κ2) is 5.61. The lowest BCUT2D eigenvalue weighted by atomic mass is 9.99. The van der Waals surface area contributed by atoms with Crippen LogP contribution in [0.2, 0.25) is 0 Å². The predicted octanol–water partition coefficient (Wildman–Crippen LogP) is 3.45. The summed E-state index contributed by atoms with van der Waals surface area (Å²) in [5, 5.41) is 0. The van der Waals surface area contributed by atoms with Crippen molar-refractivity contribution in [3.05, 3.63) is 28.5 Å². The van der Waals surface area contributed by atoms with Gasteiger partial charge < -0.3 is 0 Å². The van der Waals surface area contributed by atoms with Crippen LogP contribution in [0.1, 0.15) is 18.9 Å². The zero-order valence-electron chi connectivity index (χ0n) is 9.37. The maximum atomic E-state index is 4.20. The molecule has 1 aromatic heterocycles. The number of halogens is 2. The van der Waals surface area contributed by atoms with Crippen LogP contribution in [0, 0.1) is 5.92 Å². The fourth-order valence-corrected chi connectivity index (χ4v) is 3.12. The Kier molecular flexibility index (Phi) is 4.39. The van der Waals surface area contributed by atoms with Gasteiger partial charge in [0.1, 0.15) is 0 Å². The van der Waals surface area contributed by atoms with Crippen LogP contribution < -0.4 is 0 Å². The summed E-state index contributed by atoms with van der Waals surface area (Å²) in [6, 6.07) is 2.15. The number of alkyl halides is 1. The van der Waals surface area contributed by atoms with Gasteiger partial charge in [-0.2, -0.15) is 0 Å². The lowest BCUT2D eigenvalue weighted by Crippen LogP contribution is -2.39. The van der Waals surface area contributed by atoms with E-state index in [0.29, 0.717) is 4.83 Å². The van der Waals surface area contributed by atoms with E-state index in [2.05, 4.69) is 54.7 Å². The predicted molar refractivity (Wildman–Crippen MR) is 73.7 cm³/mol. The fourth-order valence-electron chi connectivity index (χ4n) is 2.03. The summed E-state index contributed by atoms with van der Waals surface area (Å²) in [5.41, 5.74) is 1.28. The van der Waals surface area contributed by atoms with Gasteiger partial charge in [-0.15, -0.1) is 0 Å². The minimum absolute atomic E-state index is 0.626. The van der Waals surface area contributed by atoms with Gasteiger partial charge in [0.25, 0.3) is 0 Å². The highest BCUT2D eigenvalue weighted by atomic mass is 79.9. The number of rotatable bonds is 2. The number of hydrogen-bond donors (Lipinski definition) is 0. The van der Waals surface area contributed by atoms with Gasteiger partial charge in [0, 0.05) is 34.8 Å². The number of nitrogens with zero attached hydrogens (tertiary/aromatic N) is 2. The molecule has 1 aromatic rings. The molecule has 0 bridgehead atoms. The van der Waals surface area contributed by atoms with E-state index >= 15 is 0 Å². The molecule has 2 unspecified atom stereocenters.